The van der Waals surface area contributed by atoms with Crippen LogP contribution in [-0.4, -0.2) is 16.8 Å². The van der Waals surface area contributed by atoms with Crippen molar-refractivity contribution in [2.75, 3.05) is 0 Å². The lowest BCUT2D eigenvalue weighted by Crippen LogP contribution is -2.03. The highest BCUT2D eigenvalue weighted by atomic mass is 32.1. The summed E-state index contributed by atoms with van der Waals surface area (Å²) in [6.45, 7) is 0. The topological polar surface area (TPSA) is 81.8 Å². The first kappa shape index (κ1) is 13.2. The Kier molecular flexibility index (Phi) is 3.33. The molecule has 1 aromatic carbocycles. The molecule has 104 valence electrons. The number of rotatable bonds is 3. The van der Waals surface area contributed by atoms with Crippen molar-refractivity contribution in [2.45, 2.75) is 0 Å². The predicted octanol–water partition coefficient (Wildman–Crippen LogP) is 3.00. The lowest BCUT2D eigenvalue weighted by Gasteiger charge is -1.95. The number of non-ortho nitro benzene ring substituents is 1. The van der Waals surface area contributed by atoms with Crippen molar-refractivity contribution >= 4 is 35.0 Å². The van der Waals surface area contributed by atoms with Crippen LogP contribution < -0.4 is 0 Å². The standard InChI is InChI=1S/C14H8N2O4S/c17-14-11(15-13(20-14)12-5-2-6-21-12)8-9-3-1-4-10(7-9)16(18)19/h1-8H/b11-8+. The monoisotopic (exact) mass is 300 g/mol. The number of hydrogen-bond acceptors (Lipinski definition) is 6. The van der Waals surface area contributed by atoms with Crippen LogP contribution >= 0.6 is 11.3 Å². The molecule has 2 aromatic rings. The van der Waals surface area contributed by atoms with E-state index < -0.39 is 10.9 Å². The van der Waals surface area contributed by atoms with Crippen molar-refractivity contribution in [1.82, 2.24) is 0 Å². The minimum atomic E-state index is -0.565. The van der Waals surface area contributed by atoms with Gasteiger partial charge in [-0.05, 0) is 23.1 Å². The van der Waals surface area contributed by atoms with Gasteiger partial charge in [-0.2, -0.15) is 0 Å². The van der Waals surface area contributed by atoms with E-state index in [0.29, 0.717) is 5.56 Å². The maximum atomic E-state index is 11.8. The summed E-state index contributed by atoms with van der Waals surface area (Å²) in [5.74, 6) is -0.309. The minimum Gasteiger partial charge on any atom is -0.401 e. The first-order valence-corrected chi connectivity index (χ1v) is 6.82. The quantitative estimate of drug-likeness (QED) is 0.377. The van der Waals surface area contributed by atoms with E-state index in [-0.39, 0.29) is 17.3 Å². The number of thiophene rings is 1. The van der Waals surface area contributed by atoms with Crippen molar-refractivity contribution in [3.05, 3.63) is 68.0 Å². The van der Waals surface area contributed by atoms with Gasteiger partial charge in [0.1, 0.15) is 0 Å². The summed E-state index contributed by atoms with van der Waals surface area (Å²) >= 11 is 1.41. The molecule has 0 radical (unpaired) electrons. The molecule has 1 aromatic heterocycles. The predicted molar refractivity (Wildman–Crippen MR) is 78.0 cm³/mol. The van der Waals surface area contributed by atoms with Gasteiger partial charge in [-0.3, -0.25) is 10.1 Å². The molecule has 6 nitrogen and oxygen atoms in total. The molecule has 0 N–H and O–H groups in total. The van der Waals surface area contributed by atoms with Gasteiger partial charge in [-0.15, -0.1) is 11.3 Å². The van der Waals surface area contributed by atoms with E-state index in [1.807, 2.05) is 11.4 Å². The van der Waals surface area contributed by atoms with E-state index in [0.717, 1.165) is 4.88 Å². The number of hydrogen-bond donors (Lipinski definition) is 0. The molecule has 0 atom stereocenters. The normalized spacial score (nSPS) is 15.9. The fraction of sp³-hybridized carbons (Fsp3) is 0. The van der Waals surface area contributed by atoms with Gasteiger partial charge < -0.3 is 4.74 Å². The van der Waals surface area contributed by atoms with Gasteiger partial charge in [-0.1, -0.05) is 18.2 Å². The maximum Gasteiger partial charge on any atom is 0.363 e. The third-order valence-electron chi connectivity index (χ3n) is 2.74. The average molecular weight is 300 g/mol. The van der Waals surface area contributed by atoms with Crippen LogP contribution in [0.25, 0.3) is 6.08 Å². The van der Waals surface area contributed by atoms with Gasteiger partial charge in [0.2, 0.25) is 5.90 Å². The van der Waals surface area contributed by atoms with Crippen LogP contribution in [0.1, 0.15) is 10.4 Å². The van der Waals surface area contributed by atoms with Crippen LogP contribution in [0.5, 0.6) is 0 Å². The largest absolute Gasteiger partial charge is 0.401 e. The number of carbonyl (C=O) groups is 1. The zero-order valence-corrected chi connectivity index (χ0v) is 11.4. The van der Waals surface area contributed by atoms with Crippen molar-refractivity contribution in [2.24, 2.45) is 4.99 Å². The molecule has 7 heteroatoms. The number of aliphatic imine (C=N–C) groups is 1. The van der Waals surface area contributed by atoms with E-state index in [4.69, 9.17) is 4.74 Å². The van der Waals surface area contributed by atoms with Gasteiger partial charge in [0.05, 0.1) is 9.80 Å². The summed E-state index contributed by atoms with van der Waals surface area (Å²) in [6.07, 6.45) is 1.47. The second kappa shape index (κ2) is 5.29. The van der Waals surface area contributed by atoms with Crippen LogP contribution in [0, 0.1) is 10.1 Å². The Bertz CT molecular complexity index is 778. The van der Waals surface area contributed by atoms with Crippen LogP contribution in [0.4, 0.5) is 5.69 Å². The minimum absolute atomic E-state index is 0.0434. The highest BCUT2D eigenvalue weighted by molar-refractivity contribution is 7.12. The summed E-state index contributed by atoms with van der Waals surface area (Å²) in [5, 5.41) is 12.6. The number of benzene rings is 1. The van der Waals surface area contributed by atoms with E-state index in [1.165, 1.54) is 29.5 Å². The van der Waals surface area contributed by atoms with Gasteiger partial charge in [0, 0.05) is 12.1 Å². The highest BCUT2D eigenvalue weighted by Gasteiger charge is 2.24. The van der Waals surface area contributed by atoms with Gasteiger partial charge >= 0.3 is 5.97 Å². The van der Waals surface area contributed by atoms with E-state index in [9.17, 15) is 14.9 Å². The molecule has 0 aliphatic carbocycles. The Hall–Kier alpha value is -2.80. The van der Waals surface area contributed by atoms with Crippen LogP contribution in [0.15, 0.2) is 52.5 Å². The fourth-order valence-corrected chi connectivity index (χ4v) is 2.45. The van der Waals surface area contributed by atoms with Crippen molar-refractivity contribution in [1.29, 1.82) is 0 Å². The van der Waals surface area contributed by atoms with Gasteiger partial charge in [0.25, 0.3) is 5.69 Å². The lowest BCUT2D eigenvalue weighted by atomic mass is 10.2. The van der Waals surface area contributed by atoms with Gasteiger partial charge in [0.15, 0.2) is 5.70 Å². The Morgan fingerprint density at radius 2 is 2.14 bits per heavy atom. The molecule has 2 heterocycles. The van der Waals surface area contributed by atoms with Crippen LogP contribution in [0.3, 0.4) is 0 Å². The Morgan fingerprint density at radius 1 is 1.29 bits per heavy atom. The zero-order chi connectivity index (χ0) is 14.8. The first-order chi connectivity index (χ1) is 10.1. The number of nitro groups is 1. The molecule has 1 aliphatic heterocycles. The zero-order valence-electron chi connectivity index (χ0n) is 10.6. The first-order valence-electron chi connectivity index (χ1n) is 5.94. The molecule has 0 unspecified atom stereocenters. The van der Waals surface area contributed by atoms with Crippen molar-refractivity contribution < 1.29 is 14.5 Å². The highest BCUT2D eigenvalue weighted by Crippen LogP contribution is 2.22. The molecule has 0 amide bonds. The number of nitro benzene ring substituents is 1. The molecule has 0 bridgehead atoms. The summed E-state index contributed by atoms with van der Waals surface area (Å²) < 4.78 is 5.09. The molecule has 0 fully saturated rings. The number of carbonyl (C=O) groups excluding carboxylic acids is 1. The van der Waals surface area contributed by atoms with E-state index in [1.54, 1.807) is 18.2 Å². The molecule has 21 heavy (non-hydrogen) atoms. The summed E-state index contributed by atoms with van der Waals surface area (Å²) in [5.41, 5.74) is 0.601. The second-order valence-corrected chi connectivity index (χ2v) is 5.11. The number of nitrogens with zero attached hydrogens (tertiary/aromatic N) is 2. The van der Waals surface area contributed by atoms with Crippen molar-refractivity contribution in [3.63, 3.8) is 0 Å². The molecule has 0 saturated carbocycles. The van der Waals surface area contributed by atoms with E-state index >= 15 is 0 Å². The molecule has 1 aliphatic rings. The number of cyclic esters (lactones) is 1. The molecular weight excluding hydrogens is 292 g/mol. The third-order valence-corrected chi connectivity index (χ3v) is 3.59. The Balaban J connectivity index is 1.94. The lowest BCUT2D eigenvalue weighted by molar-refractivity contribution is -0.384. The average Bonchev–Trinajstić information content (AvgIpc) is 3.10. The maximum absolute atomic E-state index is 11.8. The summed E-state index contributed by atoms with van der Waals surface area (Å²) in [4.78, 5) is 26.9. The van der Waals surface area contributed by atoms with Crippen molar-refractivity contribution in [3.8, 4) is 0 Å². The molecule has 0 saturated heterocycles. The Morgan fingerprint density at radius 3 is 2.86 bits per heavy atom. The number of ether oxygens (including phenoxy) is 1. The summed E-state index contributed by atoms with van der Waals surface area (Å²) in [6, 6.07) is 9.60. The van der Waals surface area contributed by atoms with E-state index in [2.05, 4.69) is 4.99 Å². The third kappa shape index (κ3) is 2.72. The fourth-order valence-electron chi connectivity index (χ4n) is 1.80. The summed E-state index contributed by atoms with van der Waals surface area (Å²) in [7, 11) is 0. The smallest absolute Gasteiger partial charge is 0.363 e. The SMILES string of the molecule is O=C1OC(c2cccs2)=N/C1=C/c1cccc([N+](=O)[O-])c1. The Labute approximate surface area is 123 Å². The van der Waals surface area contributed by atoms with Crippen LogP contribution in [0.2, 0.25) is 0 Å². The van der Waals surface area contributed by atoms with Gasteiger partial charge in [-0.25, -0.2) is 9.79 Å². The second-order valence-electron chi connectivity index (χ2n) is 4.17. The molecule has 0 spiro atoms. The molecule has 3 rings (SSSR count). The molecular formula is C14H8N2O4S. The number of esters is 1. The van der Waals surface area contributed by atoms with Crippen LogP contribution in [-0.2, 0) is 9.53 Å².